The Hall–Kier alpha value is -3.62. The van der Waals surface area contributed by atoms with Gasteiger partial charge in [0.05, 0.1) is 12.1 Å². The molecular weight excluding hydrogens is 522 g/mol. The van der Waals surface area contributed by atoms with Crippen LogP contribution in [0.4, 0.5) is 0 Å². The monoisotopic (exact) mass is 561 g/mol. The fourth-order valence-electron chi connectivity index (χ4n) is 4.64. The summed E-state index contributed by atoms with van der Waals surface area (Å²) in [7, 11) is 0. The van der Waals surface area contributed by atoms with Gasteiger partial charge in [-0.05, 0) is 56.5 Å². The van der Waals surface area contributed by atoms with Crippen molar-refractivity contribution in [1.29, 1.82) is 0 Å². The number of benzene rings is 3. The first-order valence-electron chi connectivity index (χ1n) is 13.3. The molecule has 0 saturated carbocycles. The number of nitrogens with zero attached hydrogens (tertiary/aromatic N) is 1. The van der Waals surface area contributed by atoms with E-state index in [2.05, 4.69) is 5.32 Å². The van der Waals surface area contributed by atoms with Gasteiger partial charge < -0.3 is 21.1 Å². The molecule has 8 heteroatoms. The minimum atomic E-state index is -1.09. The van der Waals surface area contributed by atoms with E-state index in [1.54, 1.807) is 18.2 Å². The van der Waals surface area contributed by atoms with Gasteiger partial charge in [0.1, 0.15) is 6.04 Å². The van der Waals surface area contributed by atoms with Gasteiger partial charge in [-0.3, -0.25) is 14.4 Å². The SMILES string of the molecule is CC(=O)N([C@H](CSc1ccccc1)C(N)=O)[C@@H](Cc1ccccc1)[C@H](O)Cc1ccccc1C(=O)NC(C)(C)C. The Kier molecular flexibility index (Phi) is 10.9. The van der Waals surface area contributed by atoms with Crippen LogP contribution >= 0.6 is 11.8 Å². The summed E-state index contributed by atoms with van der Waals surface area (Å²) < 4.78 is 0. The molecule has 0 spiro atoms. The lowest BCUT2D eigenvalue weighted by Crippen LogP contribution is -2.58. The van der Waals surface area contributed by atoms with Crippen molar-refractivity contribution in [3.05, 3.63) is 102 Å². The second-order valence-corrected chi connectivity index (χ2v) is 12.0. The number of nitrogens with one attached hydrogen (secondary N) is 1. The van der Waals surface area contributed by atoms with Gasteiger partial charge in [-0.2, -0.15) is 0 Å². The summed E-state index contributed by atoms with van der Waals surface area (Å²) in [6.45, 7) is 7.10. The predicted octanol–water partition coefficient (Wildman–Crippen LogP) is 4.22. The number of thioether (sulfide) groups is 1. The van der Waals surface area contributed by atoms with Gasteiger partial charge in [-0.1, -0.05) is 66.7 Å². The summed E-state index contributed by atoms with van der Waals surface area (Å²) >= 11 is 1.42. The average Bonchev–Trinajstić information content (AvgIpc) is 2.90. The molecule has 0 heterocycles. The maximum atomic E-state index is 13.2. The highest BCUT2D eigenvalue weighted by atomic mass is 32.2. The fraction of sp³-hybridized carbons (Fsp3) is 0.344. The molecule has 212 valence electrons. The topological polar surface area (TPSA) is 113 Å². The zero-order valence-electron chi connectivity index (χ0n) is 23.5. The second kappa shape index (κ2) is 14.1. The molecule has 0 unspecified atom stereocenters. The van der Waals surface area contributed by atoms with Crippen molar-refractivity contribution in [3.8, 4) is 0 Å². The van der Waals surface area contributed by atoms with E-state index in [4.69, 9.17) is 5.73 Å². The van der Waals surface area contributed by atoms with Crippen molar-refractivity contribution in [3.63, 3.8) is 0 Å². The lowest BCUT2D eigenvalue weighted by Gasteiger charge is -2.39. The number of nitrogens with two attached hydrogens (primary N) is 1. The summed E-state index contributed by atoms with van der Waals surface area (Å²) in [5, 5.41) is 14.7. The number of rotatable bonds is 12. The molecule has 3 aromatic rings. The number of hydrogen-bond acceptors (Lipinski definition) is 5. The van der Waals surface area contributed by atoms with Crippen LogP contribution in [0.2, 0.25) is 0 Å². The summed E-state index contributed by atoms with van der Waals surface area (Å²) in [6, 6.07) is 24.5. The molecule has 4 N–H and O–H groups in total. The lowest BCUT2D eigenvalue weighted by molar-refractivity contribution is -0.142. The molecule has 7 nitrogen and oxygen atoms in total. The van der Waals surface area contributed by atoms with Gasteiger partial charge in [-0.25, -0.2) is 0 Å². The summed E-state index contributed by atoms with van der Waals surface area (Å²) in [4.78, 5) is 41.3. The van der Waals surface area contributed by atoms with Crippen LogP contribution < -0.4 is 11.1 Å². The Morgan fingerprint density at radius 2 is 1.48 bits per heavy atom. The second-order valence-electron chi connectivity index (χ2n) is 10.9. The molecule has 3 aromatic carbocycles. The van der Waals surface area contributed by atoms with Gasteiger partial charge in [-0.15, -0.1) is 11.8 Å². The van der Waals surface area contributed by atoms with Crippen LogP contribution in [0.15, 0.2) is 89.8 Å². The zero-order chi connectivity index (χ0) is 29.3. The van der Waals surface area contributed by atoms with E-state index < -0.39 is 29.6 Å². The lowest BCUT2D eigenvalue weighted by atomic mass is 9.91. The molecule has 0 aromatic heterocycles. The minimum Gasteiger partial charge on any atom is -0.391 e. The third kappa shape index (κ3) is 8.96. The smallest absolute Gasteiger partial charge is 0.251 e. The number of hydrogen-bond donors (Lipinski definition) is 3. The van der Waals surface area contributed by atoms with Crippen LogP contribution in [0.3, 0.4) is 0 Å². The Bertz CT molecular complexity index is 1280. The van der Waals surface area contributed by atoms with Crippen LogP contribution in [0.5, 0.6) is 0 Å². The maximum Gasteiger partial charge on any atom is 0.251 e. The third-order valence-electron chi connectivity index (χ3n) is 6.45. The molecule has 0 aliphatic carbocycles. The highest BCUT2D eigenvalue weighted by molar-refractivity contribution is 7.99. The van der Waals surface area contributed by atoms with E-state index in [1.807, 2.05) is 87.5 Å². The molecular formula is C32H39N3O4S. The fourth-order valence-corrected chi connectivity index (χ4v) is 5.66. The van der Waals surface area contributed by atoms with Gasteiger partial charge >= 0.3 is 0 Å². The van der Waals surface area contributed by atoms with E-state index in [0.29, 0.717) is 17.5 Å². The molecule has 40 heavy (non-hydrogen) atoms. The largest absolute Gasteiger partial charge is 0.391 e. The number of primary amides is 1. The first-order valence-corrected chi connectivity index (χ1v) is 14.3. The highest BCUT2D eigenvalue weighted by Crippen LogP contribution is 2.25. The van der Waals surface area contributed by atoms with E-state index in [9.17, 15) is 19.5 Å². The van der Waals surface area contributed by atoms with Crippen LogP contribution in [0.1, 0.15) is 49.2 Å². The van der Waals surface area contributed by atoms with Crippen molar-refractivity contribution in [1.82, 2.24) is 10.2 Å². The highest BCUT2D eigenvalue weighted by Gasteiger charge is 2.37. The minimum absolute atomic E-state index is 0.103. The standard InChI is InChI=1S/C32H39N3O4S/c1-22(36)35(28(30(33)38)21-40-25-16-9-6-10-17-25)27(19-23-13-7-5-8-14-23)29(37)20-24-15-11-12-18-26(24)31(39)34-32(2,3)4/h5-18,27-29,37H,19-21H2,1-4H3,(H2,33,38)(H,34,39)/t27-,28+,29+/m0/s1. The Labute approximate surface area is 241 Å². The van der Waals surface area contributed by atoms with Crippen molar-refractivity contribution in [2.75, 3.05) is 5.75 Å². The van der Waals surface area contributed by atoms with Crippen LogP contribution in [-0.2, 0) is 22.4 Å². The van der Waals surface area contributed by atoms with Gasteiger partial charge in [0.15, 0.2) is 0 Å². The predicted molar refractivity (Wildman–Crippen MR) is 160 cm³/mol. The molecule has 3 rings (SSSR count). The Morgan fingerprint density at radius 3 is 2.05 bits per heavy atom. The van der Waals surface area contributed by atoms with Gasteiger partial charge in [0.25, 0.3) is 5.91 Å². The average molecular weight is 562 g/mol. The first-order chi connectivity index (χ1) is 19.0. The summed E-state index contributed by atoms with van der Waals surface area (Å²) in [5.41, 5.74) is 7.43. The van der Waals surface area contributed by atoms with Crippen LogP contribution in [-0.4, -0.2) is 57.2 Å². The summed E-state index contributed by atoms with van der Waals surface area (Å²) in [5.74, 6) is -1.01. The molecule has 3 atom stereocenters. The maximum absolute atomic E-state index is 13.2. The van der Waals surface area contributed by atoms with E-state index in [0.717, 1.165) is 10.5 Å². The summed E-state index contributed by atoms with van der Waals surface area (Å²) in [6.07, 6.45) is -0.680. The molecule has 0 bridgehead atoms. The van der Waals surface area contributed by atoms with Gasteiger partial charge in [0, 0.05) is 35.1 Å². The number of carbonyl (C=O) groups excluding carboxylic acids is 3. The van der Waals surface area contributed by atoms with E-state index >= 15 is 0 Å². The number of aliphatic hydroxyl groups excluding tert-OH is 1. The van der Waals surface area contributed by atoms with Crippen molar-refractivity contribution >= 4 is 29.5 Å². The van der Waals surface area contributed by atoms with Crippen molar-refractivity contribution < 1.29 is 19.5 Å². The third-order valence-corrected chi connectivity index (χ3v) is 7.54. The molecule has 3 amide bonds. The quantitative estimate of drug-likeness (QED) is 0.287. The number of carbonyl (C=O) groups is 3. The van der Waals surface area contributed by atoms with Crippen LogP contribution in [0.25, 0.3) is 0 Å². The molecule has 0 radical (unpaired) electrons. The molecule has 0 aliphatic heterocycles. The number of amides is 3. The van der Waals surface area contributed by atoms with Gasteiger partial charge in [0.2, 0.25) is 11.8 Å². The number of aliphatic hydroxyl groups is 1. The normalized spacial score (nSPS) is 13.6. The van der Waals surface area contributed by atoms with Crippen LogP contribution in [0, 0.1) is 0 Å². The Morgan fingerprint density at radius 1 is 0.900 bits per heavy atom. The molecule has 0 fully saturated rings. The molecule has 0 aliphatic rings. The van der Waals surface area contributed by atoms with E-state index in [-0.39, 0.29) is 24.0 Å². The first kappa shape index (κ1) is 30.9. The van der Waals surface area contributed by atoms with Crippen molar-refractivity contribution in [2.45, 2.75) is 69.2 Å². The zero-order valence-corrected chi connectivity index (χ0v) is 24.4. The van der Waals surface area contributed by atoms with Crippen molar-refractivity contribution in [2.24, 2.45) is 5.73 Å². The van der Waals surface area contributed by atoms with E-state index in [1.165, 1.54) is 23.6 Å². The molecule has 0 saturated heterocycles. The Balaban J connectivity index is 1.97.